The van der Waals surface area contributed by atoms with Crippen molar-refractivity contribution in [2.45, 2.75) is 6.92 Å². The zero-order chi connectivity index (χ0) is 11.7. The van der Waals surface area contributed by atoms with Gasteiger partial charge < -0.3 is 4.57 Å². The van der Waals surface area contributed by atoms with Gasteiger partial charge in [0.05, 0.1) is 10.2 Å². The molecule has 1 heterocycles. The van der Waals surface area contributed by atoms with Gasteiger partial charge in [-0.25, -0.2) is 4.39 Å². The summed E-state index contributed by atoms with van der Waals surface area (Å²) in [7, 11) is 0. The number of aryl methyl sites for hydroxylation is 1. The Kier molecular flexibility index (Phi) is 2.92. The number of carbonyl (C=O) groups is 1. The number of rotatable bonds is 2. The molecule has 0 aliphatic carbocycles. The minimum atomic E-state index is -0.305. The molecule has 82 valence electrons. The van der Waals surface area contributed by atoms with Crippen molar-refractivity contribution < 1.29 is 9.18 Å². The minimum Gasteiger partial charge on any atom is -0.314 e. The topological polar surface area (TPSA) is 22.0 Å². The number of hydrogen-bond donors (Lipinski definition) is 0. The Labute approximate surface area is 101 Å². The number of benzene rings is 1. The van der Waals surface area contributed by atoms with E-state index in [9.17, 15) is 9.18 Å². The highest BCUT2D eigenvalue weighted by Gasteiger charge is 2.09. The van der Waals surface area contributed by atoms with E-state index in [1.54, 1.807) is 35.9 Å². The Bertz CT molecular complexity index is 548. The van der Waals surface area contributed by atoms with E-state index in [-0.39, 0.29) is 5.82 Å². The van der Waals surface area contributed by atoms with Crippen molar-refractivity contribution in [2.75, 3.05) is 0 Å². The smallest absolute Gasteiger partial charge is 0.166 e. The quantitative estimate of drug-likeness (QED) is 0.773. The zero-order valence-electron chi connectivity index (χ0n) is 8.58. The molecule has 0 unspecified atom stereocenters. The Morgan fingerprint density at radius 2 is 2.19 bits per heavy atom. The first-order chi connectivity index (χ1) is 7.63. The lowest BCUT2D eigenvalue weighted by Gasteiger charge is -2.10. The molecule has 2 rings (SSSR count). The summed E-state index contributed by atoms with van der Waals surface area (Å²) in [6.07, 6.45) is 2.55. The Hall–Kier alpha value is -1.42. The molecule has 0 atom stereocenters. The van der Waals surface area contributed by atoms with Crippen molar-refractivity contribution in [3.05, 3.63) is 52.0 Å². The van der Waals surface area contributed by atoms with Crippen LogP contribution >= 0.6 is 15.9 Å². The van der Waals surface area contributed by atoms with Gasteiger partial charge >= 0.3 is 0 Å². The van der Waals surface area contributed by atoms with Crippen LogP contribution in [0.1, 0.15) is 16.1 Å². The Morgan fingerprint density at radius 1 is 1.44 bits per heavy atom. The van der Waals surface area contributed by atoms with E-state index in [1.165, 1.54) is 6.07 Å². The molecule has 1 aromatic heterocycles. The van der Waals surface area contributed by atoms with E-state index in [1.807, 2.05) is 0 Å². The van der Waals surface area contributed by atoms with Crippen LogP contribution in [-0.4, -0.2) is 10.9 Å². The largest absolute Gasteiger partial charge is 0.314 e. The molecule has 2 nitrogen and oxygen atoms in total. The van der Waals surface area contributed by atoms with Crippen LogP contribution in [0, 0.1) is 12.7 Å². The summed E-state index contributed by atoms with van der Waals surface area (Å²) in [6.45, 7) is 1.80. The SMILES string of the molecule is Cc1cc(F)c(Br)cc1-n1cccc1C=O. The van der Waals surface area contributed by atoms with Gasteiger partial charge in [0.25, 0.3) is 0 Å². The van der Waals surface area contributed by atoms with Crippen LogP contribution in [0.15, 0.2) is 34.9 Å². The van der Waals surface area contributed by atoms with E-state index in [0.717, 1.165) is 17.5 Å². The van der Waals surface area contributed by atoms with Crippen LogP contribution in [0.25, 0.3) is 5.69 Å². The maximum atomic E-state index is 13.3. The van der Waals surface area contributed by atoms with Gasteiger partial charge in [0.15, 0.2) is 6.29 Å². The predicted molar refractivity (Wildman–Crippen MR) is 63.6 cm³/mol. The molecular weight excluding hydrogens is 273 g/mol. The van der Waals surface area contributed by atoms with Crippen LogP contribution in [0.3, 0.4) is 0 Å². The summed E-state index contributed by atoms with van der Waals surface area (Å²) in [5.74, 6) is -0.305. The summed E-state index contributed by atoms with van der Waals surface area (Å²) < 4.78 is 15.4. The first-order valence-corrected chi connectivity index (χ1v) is 5.51. The second-order valence-electron chi connectivity index (χ2n) is 3.47. The highest BCUT2D eigenvalue weighted by atomic mass is 79.9. The second-order valence-corrected chi connectivity index (χ2v) is 4.33. The molecule has 0 fully saturated rings. The Morgan fingerprint density at radius 3 is 2.88 bits per heavy atom. The van der Waals surface area contributed by atoms with E-state index in [2.05, 4.69) is 15.9 Å². The van der Waals surface area contributed by atoms with Crippen molar-refractivity contribution in [1.29, 1.82) is 0 Å². The standard InChI is InChI=1S/C12H9BrFNO/c1-8-5-11(14)10(13)6-12(8)15-4-2-3-9(15)7-16/h2-7H,1H3. The molecule has 16 heavy (non-hydrogen) atoms. The lowest BCUT2D eigenvalue weighted by Crippen LogP contribution is -2.00. The highest BCUT2D eigenvalue weighted by Crippen LogP contribution is 2.24. The van der Waals surface area contributed by atoms with Gasteiger partial charge in [-0.15, -0.1) is 0 Å². The van der Waals surface area contributed by atoms with Crippen LogP contribution in [0.2, 0.25) is 0 Å². The van der Waals surface area contributed by atoms with Gasteiger partial charge in [-0.2, -0.15) is 0 Å². The predicted octanol–water partition coefficient (Wildman–Crippen LogP) is 3.50. The molecule has 0 saturated carbocycles. The molecule has 0 spiro atoms. The highest BCUT2D eigenvalue weighted by molar-refractivity contribution is 9.10. The lowest BCUT2D eigenvalue weighted by molar-refractivity contribution is 0.111. The van der Waals surface area contributed by atoms with Gasteiger partial charge in [-0.3, -0.25) is 4.79 Å². The van der Waals surface area contributed by atoms with Crippen molar-refractivity contribution in [1.82, 2.24) is 4.57 Å². The first kappa shape index (κ1) is 11.1. The molecule has 0 bridgehead atoms. The molecule has 0 aliphatic rings. The average molecular weight is 282 g/mol. The van der Waals surface area contributed by atoms with E-state index in [4.69, 9.17) is 0 Å². The molecule has 0 N–H and O–H groups in total. The number of carbonyl (C=O) groups excluding carboxylic acids is 1. The maximum absolute atomic E-state index is 13.3. The van der Waals surface area contributed by atoms with Gasteiger partial charge in [-0.05, 0) is 52.7 Å². The van der Waals surface area contributed by atoms with Crippen LogP contribution < -0.4 is 0 Å². The van der Waals surface area contributed by atoms with E-state index >= 15 is 0 Å². The normalized spacial score (nSPS) is 10.4. The van der Waals surface area contributed by atoms with Gasteiger partial charge in [0.1, 0.15) is 5.82 Å². The van der Waals surface area contributed by atoms with E-state index < -0.39 is 0 Å². The number of aromatic nitrogens is 1. The van der Waals surface area contributed by atoms with Gasteiger partial charge in [0.2, 0.25) is 0 Å². The molecular formula is C12H9BrFNO. The third kappa shape index (κ3) is 1.80. The fourth-order valence-corrected chi connectivity index (χ4v) is 1.94. The van der Waals surface area contributed by atoms with Crippen molar-refractivity contribution >= 4 is 22.2 Å². The van der Waals surface area contributed by atoms with Gasteiger partial charge in [-0.1, -0.05) is 0 Å². The van der Waals surface area contributed by atoms with E-state index in [0.29, 0.717) is 10.2 Å². The van der Waals surface area contributed by atoms with Crippen molar-refractivity contribution in [3.8, 4) is 5.69 Å². The lowest BCUT2D eigenvalue weighted by atomic mass is 10.2. The number of nitrogens with zero attached hydrogens (tertiary/aromatic N) is 1. The summed E-state index contributed by atoms with van der Waals surface area (Å²) in [5, 5.41) is 0. The molecule has 2 aromatic rings. The Balaban J connectivity index is 2.64. The molecule has 4 heteroatoms. The summed E-state index contributed by atoms with van der Waals surface area (Å²) in [4.78, 5) is 10.8. The summed E-state index contributed by atoms with van der Waals surface area (Å²) in [5.41, 5.74) is 2.11. The number of hydrogen-bond acceptors (Lipinski definition) is 1. The molecule has 0 amide bonds. The van der Waals surface area contributed by atoms with Gasteiger partial charge in [0, 0.05) is 11.9 Å². The van der Waals surface area contributed by atoms with Crippen LogP contribution in [-0.2, 0) is 0 Å². The third-order valence-corrected chi connectivity index (χ3v) is 3.01. The van der Waals surface area contributed by atoms with Crippen LogP contribution in [0.5, 0.6) is 0 Å². The minimum absolute atomic E-state index is 0.305. The fraction of sp³-hybridized carbons (Fsp3) is 0.0833. The monoisotopic (exact) mass is 281 g/mol. The van der Waals surface area contributed by atoms with Crippen molar-refractivity contribution in [2.24, 2.45) is 0 Å². The molecule has 0 radical (unpaired) electrons. The second kappa shape index (κ2) is 4.22. The fourth-order valence-electron chi connectivity index (χ4n) is 1.60. The molecule has 0 saturated heterocycles. The summed E-state index contributed by atoms with van der Waals surface area (Å²) in [6, 6.07) is 6.59. The third-order valence-electron chi connectivity index (χ3n) is 2.40. The number of aldehydes is 1. The number of halogens is 2. The molecule has 0 aliphatic heterocycles. The molecule has 1 aromatic carbocycles. The zero-order valence-corrected chi connectivity index (χ0v) is 10.2. The summed E-state index contributed by atoms with van der Waals surface area (Å²) >= 11 is 3.14. The maximum Gasteiger partial charge on any atom is 0.166 e. The average Bonchev–Trinajstić information content (AvgIpc) is 2.71. The van der Waals surface area contributed by atoms with Crippen LogP contribution in [0.4, 0.5) is 4.39 Å². The first-order valence-electron chi connectivity index (χ1n) is 4.72. The van der Waals surface area contributed by atoms with Crippen molar-refractivity contribution in [3.63, 3.8) is 0 Å².